The third-order valence-corrected chi connectivity index (χ3v) is 4.85. The van der Waals surface area contributed by atoms with Crippen LogP contribution in [0.2, 0.25) is 0 Å². The number of aryl methyl sites for hydroxylation is 2. The van der Waals surface area contributed by atoms with Gasteiger partial charge in [0.25, 0.3) is 5.91 Å². The molecule has 1 amide bonds. The number of nitrogens with zero attached hydrogens (tertiary/aromatic N) is 2. The summed E-state index contributed by atoms with van der Waals surface area (Å²) in [5, 5.41) is 0. The lowest BCUT2D eigenvalue weighted by atomic mass is 9.91. The summed E-state index contributed by atoms with van der Waals surface area (Å²) in [6.45, 7) is 2.98. The Morgan fingerprint density at radius 2 is 2.19 bits per heavy atom. The summed E-state index contributed by atoms with van der Waals surface area (Å²) in [5.41, 5.74) is 0.399. The molecule has 1 unspecified atom stereocenters. The quantitative estimate of drug-likeness (QED) is 0.801. The lowest BCUT2D eigenvalue weighted by Gasteiger charge is -2.32. The molecule has 0 saturated carbocycles. The number of hydrogen-bond donors (Lipinski definition) is 0. The third kappa shape index (κ3) is 4.26. The SMILES string of the molecule is Cc1ocnc1C(=O)N1CCCC(CCc2cccc(C(F)(F)F)c2)C1. The van der Waals surface area contributed by atoms with Crippen molar-refractivity contribution in [1.82, 2.24) is 9.88 Å². The van der Waals surface area contributed by atoms with Crippen LogP contribution in [-0.4, -0.2) is 28.9 Å². The molecule has 1 fully saturated rings. The van der Waals surface area contributed by atoms with Crippen LogP contribution in [0.3, 0.4) is 0 Å². The second kappa shape index (κ2) is 7.51. The molecule has 2 aromatic rings. The van der Waals surface area contributed by atoms with E-state index in [9.17, 15) is 18.0 Å². The lowest BCUT2D eigenvalue weighted by Crippen LogP contribution is -2.40. The molecule has 1 atom stereocenters. The van der Waals surface area contributed by atoms with Gasteiger partial charge in [-0.05, 0) is 50.2 Å². The maximum atomic E-state index is 12.8. The van der Waals surface area contributed by atoms with Crippen molar-refractivity contribution in [2.45, 2.75) is 38.8 Å². The maximum absolute atomic E-state index is 12.8. The monoisotopic (exact) mass is 366 g/mol. The van der Waals surface area contributed by atoms with E-state index in [2.05, 4.69) is 4.98 Å². The maximum Gasteiger partial charge on any atom is 0.416 e. The zero-order valence-corrected chi connectivity index (χ0v) is 14.6. The molecule has 1 aromatic heterocycles. The zero-order valence-electron chi connectivity index (χ0n) is 14.6. The minimum Gasteiger partial charge on any atom is -0.448 e. The fourth-order valence-corrected chi connectivity index (χ4v) is 3.42. The molecule has 1 aromatic carbocycles. The van der Waals surface area contributed by atoms with Gasteiger partial charge in [0.1, 0.15) is 5.76 Å². The van der Waals surface area contributed by atoms with Crippen LogP contribution < -0.4 is 0 Å². The van der Waals surface area contributed by atoms with E-state index >= 15 is 0 Å². The van der Waals surface area contributed by atoms with E-state index < -0.39 is 11.7 Å². The summed E-state index contributed by atoms with van der Waals surface area (Å²) in [7, 11) is 0. The van der Waals surface area contributed by atoms with Crippen molar-refractivity contribution in [3.05, 3.63) is 53.2 Å². The van der Waals surface area contributed by atoms with Crippen molar-refractivity contribution in [1.29, 1.82) is 0 Å². The van der Waals surface area contributed by atoms with Gasteiger partial charge in [-0.3, -0.25) is 4.79 Å². The number of amides is 1. The number of oxazole rings is 1. The topological polar surface area (TPSA) is 46.3 Å². The van der Waals surface area contributed by atoms with Gasteiger partial charge >= 0.3 is 6.18 Å². The summed E-state index contributed by atoms with van der Waals surface area (Å²) < 4.78 is 43.5. The summed E-state index contributed by atoms with van der Waals surface area (Å²) in [5.74, 6) is 0.635. The van der Waals surface area contributed by atoms with E-state index in [1.807, 2.05) is 0 Å². The number of halogens is 3. The Labute approximate surface area is 150 Å². The van der Waals surface area contributed by atoms with Gasteiger partial charge in [-0.1, -0.05) is 18.2 Å². The van der Waals surface area contributed by atoms with Gasteiger partial charge in [0.15, 0.2) is 12.1 Å². The lowest BCUT2D eigenvalue weighted by molar-refractivity contribution is -0.137. The number of alkyl halides is 3. The molecule has 2 heterocycles. The van der Waals surface area contributed by atoms with E-state index in [4.69, 9.17) is 4.42 Å². The van der Waals surface area contributed by atoms with Crippen molar-refractivity contribution in [2.24, 2.45) is 5.92 Å². The predicted octanol–water partition coefficient (Wildman–Crippen LogP) is 4.49. The van der Waals surface area contributed by atoms with Gasteiger partial charge < -0.3 is 9.32 Å². The molecule has 1 aliphatic rings. The molecule has 3 rings (SSSR count). The number of aromatic nitrogens is 1. The average molecular weight is 366 g/mol. The Morgan fingerprint density at radius 1 is 1.38 bits per heavy atom. The third-order valence-electron chi connectivity index (χ3n) is 4.85. The molecule has 7 heteroatoms. The highest BCUT2D eigenvalue weighted by atomic mass is 19.4. The van der Waals surface area contributed by atoms with Crippen molar-refractivity contribution in [3.8, 4) is 0 Å². The fraction of sp³-hybridized carbons (Fsp3) is 0.474. The van der Waals surface area contributed by atoms with Gasteiger partial charge in [0.2, 0.25) is 0 Å². The largest absolute Gasteiger partial charge is 0.448 e. The van der Waals surface area contributed by atoms with Gasteiger partial charge in [-0.15, -0.1) is 0 Å². The number of likely N-dealkylation sites (tertiary alicyclic amines) is 1. The molecule has 0 bridgehead atoms. The Kier molecular flexibility index (Phi) is 5.34. The van der Waals surface area contributed by atoms with Crippen LogP contribution in [0, 0.1) is 12.8 Å². The van der Waals surface area contributed by atoms with Crippen molar-refractivity contribution >= 4 is 5.91 Å². The minimum absolute atomic E-state index is 0.139. The Morgan fingerprint density at radius 3 is 2.88 bits per heavy atom. The molecule has 0 radical (unpaired) electrons. The van der Waals surface area contributed by atoms with Crippen LogP contribution in [0.15, 0.2) is 35.1 Å². The summed E-state index contributed by atoms with van der Waals surface area (Å²) in [4.78, 5) is 18.3. The molecule has 26 heavy (non-hydrogen) atoms. The van der Waals surface area contributed by atoms with Crippen LogP contribution in [0.1, 0.15) is 46.6 Å². The molecule has 4 nitrogen and oxygen atoms in total. The normalized spacial score (nSPS) is 18.2. The van der Waals surface area contributed by atoms with Crippen molar-refractivity contribution in [3.63, 3.8) is 0 Å². The van der Waals surface area contributed by atoms with Crippen LogP contribution >= 0.6 is 0 Å². The smallest absolute Gasteiger partial charge is 0.416 e. The van der Waals surface area contributed by atoms with Crippen LogP contribution in [-0.2, 0) is 12.6 Å². The summed E-state index contributed by atoms with van der Waals surface area (Å²) in [6.07, 6.45) is 0.121. The number of rotatable bonds is 4. The molecular weight excluding hydrogens is 345 g/mol. The molecule has 1 saturated heterocycles. The Bertz CT molecular complexity index is 770. The number of carbonyl (C=O) groups excluding carboxylic acids is 1. The first kappa shape index (κ1) is 18.5. The van der Waals surface area contributed by atoms with E-state index in [-0.39, 0.29) is 11.8 Å². The number of hydrogen-bond acceptors (Lipinski definition) is 3. The number of benzene rings is 1. The standard InChI is InChI=1S/C19H21F3N2O2/c1-13-17(23-12-26-13)18(25)24-9-3-5-15(11-24)8-7-14-4-2-6-16(10-14)19(20,21)22/h2,4,6,10,12,15H,3,5,7-9,11H2,1H3. The average Bonchev–Trinajstić information content (AvgIpc) is 3.05. The molecule has 0 aliphatic carbocycles. The highest BCUT2D eigenvalue weighted by Gasteiger charge is 2.30. The first-order valence-electron chi connectivity index (χ1n) is 8.70. The Hall–Kier alpha value is -2.31. The molecule has 0 spiro atoms. The molecule has 1 aliphatic heterocycles. The van der Waals surface area contributed by atoms with Gasteiger partial charge in [0.05, 0.1) is 5.56 Å². The highest BCUT2D eigenvalue weighted by molar-refractivity contribution is 5.93. The van der Waals surface area contributed by atoms with E-state index in [1.54, 1.807) is 17.9 Å². The highest BCUT2D eigenvalue weighted by Crippen LogP contribution is 2.30. The van der Waals surface area contributed by atoms with Crippen LogP contribution in [0.5, 0.6) is 0 Å². The Balaban J connectivity index is 1.59. The second-order valence-corrected chi connectivity index (χ2v) is 6.75. The molecule has 140 valence electrons. The van der Waals surface area contributed by atoms with Crippen LogP contribution in [0.25, 0.3) is 0 Å². The second-order valence-electron chi connectivity index (χ2n) is 6.75. The number of piperidine rings is 1. The summed E-state index contributed by atoms with van der Waals surface area (Å²) >= 11 is 0. The van der Waals surface area contributed by atoms with Gasteiger partial charge in [-0.2, -0.15) is 13.2 Å². The first-order chi connectivity index (χ1) is 12.3. The summed E-state index contributed by atoms with van der Waals surface area (Å²) in [6, 6.07) is 5.47. The van der Waals surface area contributed by atoms with E-state index in [1.165, 1.54) is 18.5 Å². The van der Waals surface area contributed by atoms with Crippen molar-refractivity contribution < 1.29 is 22.4 Å². The minimum atomic E-state index is -4.32. The zero-order chi connectivity index (χ0) is 18.7. The first-order valence-corrected chi connectivity index (χ1v) is 8.70. The van der Waals surface area contributed by atoms with Gasteiger partial charge in [-0.25, -0.2) is 4.98 Å². The molecular formula is C19H21F3N2O2. The van der Waals surface area contributed by atoms with E-state index in [0.29, 0.717) is 36.5 Å². The van der Waals surface area contributed by atoms with E-state index in [0.717, 1.165) is 25.3 Å². The van der Waals surface area contributed by atoms with Crippen molar-refractivity contribution in [2.75, 3.05) is 13.1 Å². The fourth-order valence-electron chi connectivity index (χ4n) is 3.42. The van der Waals surface area contributed by atoms with Gasteiger partial charge in [0, 0.05) is 13.1 Å². The van der Waals surface area contributed by atoms with Crippen LogP contribution in [0.4, 0.5) is 13.2 Å². The molecule has 0 N–H and O–H groups in total. The number of carbonyl (C=O) groups is 1. The predicted molar refractivity (Wildman–Crippen MR) is 89.6 cm³/mol.